The van der Waals surface area contributed by atoms with E-state index in [-0.39, 0.29) is 12.3 Å². The standard InChI is InChI=1S/C30H34N3O8P/c1-19(2)16-25(33-30(39)29(38)31-23-15-9-11-20-10-7-8-14-22(20)23)28(37)32-24(17-27(35)36)26(34)18-41-42(3,40)21-12-5-4-6-13-21/h4-15,19,24-25H,16-18H2,1-3H3,(H,31,38)(H,32,37)(H,33,39)(H,35,36)/t24-,25-,42?/m0/s1. The molecule has 12 heteroatoms. The lowest BCUT2D eigenvalue weighted by atomic mass is 10.0. The van der Waals surface area contributed by atoms with Crippen LogP contribution < -0.4 is 21.3 Å². The number of carbonyl (C=O) groups excluding carboxylic acids is 4. The molecule has 11 nitrogen and oxygen atoms in total. The van der Waals surface area contributed by atoms with Crippen LogP contribution in [-0.2, 0) is 33.1 Å². The molecule has 0 saturated carbocycles. The van der Waals surface area contributed by atoms with E-state index < -0.39 is 62.0 Å². The van der Waals surface area contributed by atoms with Crippen molar-refractivity contribution in [2.24, 2.45) is 5.92 Å². The first-order chi connectivity index (χ1) is 19.9. The van der Waals surface area contributed by atoms with E-state index in [9.17, 15) is 33.6 Å². The Kier molecular flexibility index (Phi) is 11.1. The lowest BCUT2D eigenvalue weighted by Gasteiger charge is -2.23. The van der Waals surface area contributed by atoms with Crippen LogP contribution in [0.15, 0.2) is 72.8 Å². The largest absolute Gasteiger partial charge is 0.481 e. The van der Waals surface area contributed by atoms with Crippen molar-refractivity contribution >= 4 is 58.6 Å². The topological polar surface area (TPSA) is 168 Å². The Balaban J connectivity index is 1.69. The Bertz CT molecular complexity index is 1500. The van der Waals surface area contributed by atoms with Crippen LogP contribution in [0, 0.1) is 5.92 Å². The predicted octanol–water partition coefficient (Wildman–Crippen LogP) is 3.09. The molecule has 3 aromatic carbocycles. The number of rotatable bonds is 13. The summed E-state index contributed by atoms with van der Waals surface area (Å²) in [4.78, 5) is 63.1. The van der Waals surface area contributed by atoms with Crippen LogP contribution in [0.3, 0.4) is 0 Å². The van der Waals surface area contributed by atoms with Gasteiger partial charge < -0.3 is 25.6 Å². The van der Waals surface area contributed by atoms with E-state index in [0.29, 0.717) is 11.0 Å². The van der Waals surface area contributed by atoms with Crippen LogP contribution in [0.25, 0.3) is 10.8 Å². The maximum atomic E-state index is 13.2. The molecule has 3 rings (SSSR count). The van der Waals surface area contributed by atoms with Crippen molar-refractivity contribution in [2.75, 3.05) is 18.6 Å². The van der Waals surface area contributed by atoms with Crippen molar-refractivity contribution in [2.45, 2.75) is 38.8 Å². The number of ketones is 1. The molecule has 0 bridgehead atoms. The van der Waals surface area contributed by atoms with Crippen LogP contribution in [0.4, 0.5) is 5.69 Å². The zero-order chi connectivity index (χ0) is 30.9. The van der Waals surface area contributed by atoms with Gasteiger partial charge in [-0.15, -0.1) is 0 Å². The Labute approximate surface area is 243 Å². The molecule has 0 aliphatic heterocycles. The van der Waals surface area contributed by atoms with E-state index >= 15 is 0 Å². The number of fused-ring (bicyclic) bond motifs is 1. The summed E-state index contributed by atoms with van der Waals surface area (Å²) in [6, 6.07) is 17.9. The summed E-state index contributed by atoms with van der Waals surface area (Å²) < 4.78 is 18.3. The van der Waals surface area contributed by atoms with Gasteiger partial charge in [-0.25, -0.2) is 0 Å². The average Bonchev–Trinajstić information content (AvgIpc) is 2.95. The maximum absolute atomic E-state index is 13.2. The zero-order valence-corrected chi connectivity index (χ0v) is 24.4. The van der Waals surface area contributed by atoms with Crippen LogP contribution in [-0.4, -0.2) is 59.9 Å². The zero-order valence-electron chi connectivity index (χ0n) is 23.5. The number of anilines is 1. The van der Waals surface area contributed by atoms with Crippen molar-refractivity contribution < 1.29 is 38.2 Å². The van der Waals surface area contributed by atoms with E-state index in [2.05, 4.69) is 16.0 Å². The summed E-state index contributed by atoms with van der Waals surface area (Å²) in [6.45, 7) is 4.20. The predicted molar refractivity (Wildman–Crippen MR) is 159 cm³/mol. The molecule has 3 aromatic rings. The third kappa shape index (κ3) is 9.09. The smallest absolute Gasteiger partial charge is 0.313 e. The molecule has 0 fully saturated rings. The number of benzene rings is 3. The molecule has 0 spiro atoms. The van der Waals surface area contributed by atoms with Gasteiger partial charge in [-0.05, 0) is 35.9 Å². The monoisotopic (exact) mass is 595 g/mol. The van der Waals surface area contributed by atoms with E-state index in [4.69, 9.17) is 4.52 Å². The molecule has 0 saturated heterocycles. The fourth-order valence-corrected chi connectivity index (χ4v) is 5.43. The van der Waals surface area contributed by atoms with Crippen molar-refractivity contribution in [3.8, 4) is 0 Å². The second-order valence-electron chi connectivity index (χ2n) is 10.2. The van der Waals surface area contributed by atoms with Crippen molar-refractivity contribution in [1.82, 2.24) is 10.6 Å². The van der Waals surface area contributed by atoms with E-state index in [1.165, 1.54) is 6.66 Å². The van der Waals surface area contributed by atoms with Crippen LogP contribution >= 0.6 is 7.37 Å². The first-order valence-corrected chi connectivity index (χ1v) is 15.4. The SMILES string of the molecule is CC(C)C[C@H](NC(=O)C(=O)Nc1cccc2ccccc12)C(=O)N[C@@H](CC(=O)O)C(=O)COP(C)(=O)c1ccccc1. The number of amides is 3. The van der Waals surface area contributed by atoms with Gasteiger partial charge in [-0.1, -0.05) is 68.4 Å². The first kappa shape index (κ1) is 32.2. The summed E-state index contributed by atoms with van der Waals surface area (Å²) >= 11 is 0. The van der Waals surface area contributed by atoms with E-state index in [1.807, 2.05) is 18.2 Å². The highest BCUT2D eigenvalue weighted by Gasteiger charge is 2.31. The van der Waals surface area contributed by atoms with Gasteiger partial charge in [0.2, 0.25) is 13.3 Å². The molecule has 4 N–H and O–H groups in total. The molecule has 42 heavy (non-hydrogen) atoms. The molecular formula is C30H34N3O8P. The summed E-state index contributed by atoms with van der Waals surface area (Å²) in [5.74, 6) is -5.22. The molecule has 0 aliphatic rings. The van der Waals surface area contributed by atoms with Gasteiger partial charge in [0, 0.05) is 23.0 Å². The minimum absolute atomic E-state index is 0.0990. The van der Waals surface area contributed by atoms with Gasteiger partial charge in [0.05, 0.1) is 6.42 Å². The van der Waals surface area contributed by atoms with E-state index in [0.717, 1.165) is 10.8 Å². The van der Waals surface area contributed by atoms with Crippen molar-refractivity contribution in [1.29, 1.82) is 0 Å². The molecule has 0 aliphatic carbocycles. The average molecular weight is 596 g/mol. The minimum Gasteiger partial charge on any atom is -0.481 e. The number of hydrogen-bond acceptors (Lipinski definition) is 7. The second-order valence-corrected chi connectivity index (χ2v) is 12.7. The van der Waals surface area contributed by atoms with Crippen LogP contribution in [0.1, 0.15) is 26.7 Å². The normalized spacial score (nSPS) is 13.9. The Morgan fingerprint density at radius 3 is 2.14 bits per heavy atom. The molecule has 0 aromatic heterocycles. The van der Waals surface area contributed by atoms with Crippen LogP contribution in [0.5, 0.6) is 0 Å². The highest BCUT2D eigenvalue weighted by Crippen LogP contribution is 2.41. The van der Waals surface area contributed by atoms with E-state index in [1.54, 1.807) is 68.4 Å². The van der Waals surface area contributed by atoms with Gasteiger partial charge >= 0.3 is 17.8 Å². The fourth-order valence-electron chi connectivity index (χ4n) is 4.19. The highest BCUT2D eigenvalue weighted by atomic mass is 31.2. The molecule has 222 valence electrons. The highest BCUT2D eigenvalue weighted by molar-refractivity contribution is 7.66. The number of hydrogen-bond donors (Lipinski definition) is 4. The molecule has 0 heterocycles. The molecule has 1 unspecified atom stereocenters. The third-order valence-electron chi connectivity index (χ3n) is 6.34. The Morgan fingerprint density at radius 2 is 1.48 bits per heavy atom. The number of aliphatic carboxylic acids is 1. The number of carboxylic acids is 1. The summed E-state index contributed by atoms with van der Waals surface area (Å²) in [6.07, 6.45) is -0.668. The number of nitrogens with one attached hydrogen (secondary N) is 3. The van der Waals surface area contributed by atoms with Crippen molar-refractivity contribution in [3.63, 3.8) is 0 Å². The molecular weight excluding hydrogens is 561 g/mol. The minimum atomic E-state index is -3.40. The maximum Gasteiger partial charge on any atom is 0.313 e. The molecule has 3 amide bonds. The van der Waals surface area contributed by atoms with Gasteiger partial charge in [0.25, 0.3) is 0 Å². The van der Waals surface area contributed by atoms with Gasteiger partial charge in [0.15, 0.2) is 5.78 Å². The van der Waals surface area contributed by atoms with Crippen molar-refractivity contribution in [3.05, 3.63) is 72.8 Å². The lowest BCUT2D eigenvalue weighted by molar-refractivity contribution is -0.141. The number of carbonyl (C=O) groups is 5. The van der Waals surface area contributed by atoms with Crippen LogP contribution in [0.2, 0.25) is 0 Å². The second kappa shape index (κ2) is 14.5. The van der Waals surface area contributed by atoms with Gasteiger partial charge in [-0.3, -0.25) is 28.5 Å². The number of Topliss-reactive ketones (excluding diaryl/α,β-unsaturated/α-hetero) is 1. The van der Waals surface area contributed by atoms with Gasteiger partial charge in [0.1, 0.15) is 18.7 Å². The summed E-state index contributed by atoms with van der Waals surface area (Å²) in [5.41, 5.74) is 0.411. The van der Waals surface area contributed by atoms with Gasteiger partial charge in [-0.2, -0.15) is 0 Å². The Hall–Kier alpha value is -4.34. The number of carboxylic acid groups (broad SMARTS) is 1. The fraction of sp³-hybridized carbons (Fsp3) is 0.300. The first-order valence-electron chi connectivity index (χ1n) is 13.3. The third-order valence-corrected chi connectivity index (χ3v) is 8.19. The molecule has 0 radical (unpaired) electrons. The summed E-state index contributed by atoms with van der Waals surface area (Å²) in [7, 11) is -3.40. The molecule has 3 atom stereocenters. The Morgan fingerprint density at radius 1 is 0.833 bits per heavy atom. The lowest BCUT2D eigenvalue weighted by Crippen LogP contribution is -2.54. The quantitative estimate of drug-likeness (QED) is 0.173. The summed E-state index contributed by atoms with van der Waals surface area (Å²) in [5, 5.41) is 18.6.